The fourth-order valence-electron chi connectivity index (χ4n) is 4.19. The van der Waals surface area contributed by atoms with Crippen LogP contribution >= 0.6 is 0 Å². The molecule has 2 aliphatic heterocycles. The number of imidazole rings is 1. The second kappa shape index (κ2) is 7.00. The van der Waals surface area contributed by atoms with Gasteiger partial charge in [-0.25, -0.2) is 4.98 Å². The van der Waals surface area contributed by atoms with Crippen LogP contribution in [-0.4, -0.2) is 46.5 Å². The molecule has 5 heteroatoms. The Hall–Kier alpha value is -2.14. The molecule has 0 aliphatic carbocycles. The molecule has 1 fully saturated rings. The average Bonchev–Trinajstić information content (AvgIpc) is 3.22. The third kappa shape index (κ3) is 3.47. The molecule has 2 aliphatic rings. The number of hydrogen-bond donors (Lipinski definition) is 0. The van der Waals surface area contributed by atoms with E-state index in [1.165, 1.54) is 18.4 Å². The standard InChI is InChI=1S/C20H26N4O/c1-22-12-9-21-19(22)13-16-5-4-10-23(14-16)15-20(25)24-11-8-17-6-2-3-7-18(17)24/h2-3,6-7,9,12,16H,4-5,8,10-11,13-15H2,1H3. The Balaban J connectivity index is 1.36. The van der Waals surface area contributed by atoms with Crippen molar-refractivity contribution in [3.05, 3.63) is 48.0 Å². The predicted octanol–water partition coefficient (Wildman–Crippen LogP) is 2.26. The molecule has 1 saturated heterocycles. The number of fused-ring (bicyclic) bond motifs is 1. The van der Waals surface area contributed by atoms with E-state index in [9.17, 15) is 4.79 Å². The molecular formula is C20H26N4O. The van der Waals surface area contributed by atoms with Gasteiger partial charge in [0.2, 0.25) is 5.91 Å². The number of para-hydroxylation sites is 1. The zero-order valence-electron chi connectivity index (χ0n) is 14.9. The Morgan fingerprint density at radius 3 is 3.00 bits per heavy atom. The molecule has 1 aromatic heterocycles. The third-order valence-corrected chi connectivity index (χ3v) is 5.54. The molecule has 2 aromatic rings. The van der Waals surface area contributed by atoms with E-state index in [4.69, 9.17) is 0 Å². The molecule has 0 radical (unpaired) electrons. The molecule has 132 valence electrons. The quantitative estimate of drug-likeness (QED) is 0.859. The van der Waals surface area contributed by atoms with Crippen LogP contribution in [-0.2, 0) is 24.7 Å². The van der Waals surface area contributed by atoms with Crippen LogP contribution in [0.15, 0.2) is 36.7 Å². The van der Waals surface area contributed by atoms with Gasteiger partial charge in [0.25, 0.3) is 0 Å². The third-order valence-electron chi connectivity index (χ3n) is 5.54. The van der Waals surface area contributed by atoms with E-state index in [0.29, 0.717) is 12.5 Å². The molecule has 1 unspecified atom stereocenters. The monoisotopic (exact) mass is 338 g/mol. The summed E-state index contributed by atoms with van der Waals surface area (Å²) in [6, 6.07) is 8.28. The number of carbonyl (C=O) groups excluding carboxylic acids is 1. The lowest BCUT2D eigenvalue weighted by molar-refractivity contribution is -0.120. The minimum atomic E-state index is 0.239. The first-order valence-electron chi connectivity index (χ1n) is 9.27. The number of nitrogens with zero attached hydrogens (tertiary/aromatic N) is 4. The number of hydrogen-bond acceptors (Lipinski definition) is 3. The minimum absolute atomic E-state index is 0.239. The van der Waals surface area contributed by atoms with Crippen LogP contribution in [0.3, 0.4) is 0 Å². The number of benzene rings is 1. The number of anilines is 1. The minimum Gasteiger partial charge on any atom is -0.338 e. The Labute approximate surface area is 149 Å². The highest BCUT2D eigenvalue weighted by Gasteiger charge is 2.28. The Bertz CT molecular complexity index is 754. The molecule has 0 N–H and O–H groups in total. The van der Waals surface area contributed by atoms with Crippen molar-refractivity contribution in [1.29, 1.82) is 0 Å². The van der Waals surface area contributed by atoms with Gasteiger partial charge in [0.15, 0.2) is 0 Å². The van der Waals surface area contributed by atoms with E-state index in [0.717, 1.165) is 44.0 Å². The van der Waals surface area contributed by atoms with Gasteiger partial charge in [-0.1, -0.05) is 18.2 Å². The first kappa shape index (κ1) is 16.3. The SMILES string of the molecule is Cn1ccnc1CC1CCCN(CC(=O)N2CCc3ccccc32)C1. The van der Waals surface area contributed by atoms with E-state index >= 15 is 0 Å². The van der Waals surface area contributed by atoms with Crippen molar-refractivity contribution in [1.82, 2.24) is 14.5 Å². The molecule has 1 amide bonds. The number of carbonyl (C=O) groups is 1. The van der Waals surface area contributed by atoms with Crippen molar-refractivity contribution < 1.29 is 4.79 Å². The molecule has 5 nitrogen and oxygen atoms in total. The summed E-state index contributed by atoms with van der Waals surface area (Å²) in [5, 5.41) is 0. The van der Waals surface area contributed by atoms with Gasteiger partial charge < -0.3 is 9.47 Å². The number of piperidine rings is 1. The van der Waals surface area contributed by atoms with E-state index < -0.39 is 0 Å². The van der Waals surface area contributed by atoms with Gasteiger partial charge in [-0.15, -0.1) is 0 Å². The first-order valence-corrected chi connectivity index (χ1v) is 9.27. The summed E-state index contributed by atoms with van der Waals surface area (Å²) in [6.07, 6.45) is 8.24. The van der Waals surface area contributed by atoms with E-state index in [1.807, 2.05) is 23.4 Å². The summed E-state index contributed by atoms with van der Waals surface area (Å²) in [5.41, 5.74) is 2.40. The van der Waals surface area contributed by atoms with E-state index in [1.54, 1.807) is 0 Å². The van der Waals surface area contributed by atoms with Gasteiger partial charge in [0.1, 0.15) is 5.82 Å². The zero-order chi connectivity index (χ0) is 17.2. The summed E-state index contributed by atoms with van der Waals surface area (Å²) >= 11 is 0. The lowest BCUT2D eigenvalue weighted by Gasteiger charge is -2.33. The van der Waals surface area contributed by atoms with Crippen LogP contribution < -0.4 is 4.90 Å². The van der Waals surface area contributed by atoms with Crippen molar-refractivity contribution >= 4 is 11.6 Å². The van der Waals surface area contributed by atoms with Crippen LogP contribution in [0.1, 0.15) is 24.2 Å². The Morgan fingerprint density at radius 2 is 2.16 bits per heavy atom. The van der Waals surface area contributed by atoms with Crippen LogP contribution in [0.2, 0.25) is 0 Å². The molecule has 25 heavy (non-hydrogen) atoms. The van der Waals surface area contributed by atoms with Crippen LogP contribution in [0, 0.1) is 5.92 Å². The summed E-state index contributed by atoms with van der Waals surface area (Å²) < 4.78 is 2.10. The summed E-state index contributed by atoms with van der Waals surface area (Å²) in [4.78, 5) is 21.6. The Kier molecular flexibility index (Phi) is 4.57. The highest BCUT2D eigenvalue weighted by atomic mass is 16.2. The molecule has 0 saturated carbocycles. The molecule has 0 bridgehead atoms. The number of likely N-dealkylation sites (tertiary alicyclic amines) is 1. The maximum Gasteiger partial charge on any atom is 0.241 e. The van der Waals surface area contributed by atoms with Crippen molar-refractivity contribution in [2.45, 2.75) is 25.7 Å². The first-order chi connectivity index (χ1) is 12.2. The molecule has 3 heterocycles. The molecule has 0 spiro atoms. The van der Waals surface area contributed by atoms with Gasteiger partial charge in [-0.2, -0.15) is 0 Å². The number of aromatic nitrogens is 2. The maximum absolute atomic E-state index is 12.8. The van der Waals surface area contributed by atoms with Gasteiger partial charge in [-0.3, -0.25) is 9.69 Å². The summed E-state index contributed by atoms with van der Waals surface area (Å²) in [7, 11) is 2.05. The van der Waals surface area contributed by atoms with Crippen molar-refractivity contribution in [3.8, 4) is 0 Å². The lowest BCUT2D eigenvalue weighted by Crippen LogP contribution is -2.44. The predicted molar refractivity (Wildman–Crippen MR) is 98.6 cm³/mol. The zero-order valence-corrected chi connectivity index (χ0v) is 14.9. The van der Waals surface area contributed by atoms with Gasteiger partial charge in [0, 0.05) is 44.6 Å². The van der Waals surface area contributed by atoms with Crippen molar-refractivity contribution in [2.24, 2.45) is 13.0 Å². The molecule has 1 atom stereocenters. The van der Waals surface area contributed by atoms with Crippen LogP contribution in [0.5, 0.6) is 0 Å². The number of rotatable bonds is 4. The van der Waals surface area contributed by atoms with Gasteiger partial charge in [-0.05, 0) is 43.4 Å². The van der Waals surface area contributed by atoms with Crippen molar-refractivity contribution in [2.75, 3.05) is 31.1 Å². The fraction of sp³-hybridized carbons (Fsp3) is 0.500. The summed E-state index contributed by atoms with van der Waals surface area (Å²) in [6.45, 7) is 3.38. The average molecular weight is 338 g/mol. The highest BCUT2D eigenvalue weighted by Crippen LogP contribution is 2.28. The summed E-state index contributed by atoms with van der Waals surface area (Å²) in [5.74, 6) is 1.97. The van der Waals surface area contributed by atoms with Crippen LogP contribution in [0.4, 0.5) is 5.69 Å². The fourth-order valence-corrected chi connectivity index (χ4v) is 4.19. The van der Waals surface area contributed by atoms with E-state index in [2.05, 4.69) is 39.7 Å². The van der Waals surface area contributed by atoms with Crippen molar-refractivity contribution in [3.63, 3.8) is 0 Å². The lowest BCUT2D eigenvalue weighted by atomic mass is 9.94. The normalized spacial score (nSPS) is 20.7. The topological polar surface area (TPSA) is 41.4 Å². The molecule has 1 aromatic carbocycles. The maximum atomic E-state index is 12.8. The van der Waals surface area contributed by atoms with Crippen LogP contribution in [0.25, 0.3) is 0 Å². The van der Waals surface area contributed by atoms with E-state index in [-0.39, 0.29) is 5.91 Å². The smallest absolute Gasteiger partial charge is 0.241 e. The number of aryl methyl sites for hydroxylation is 1. The highest BCUT2D eigenvalue weighted by molar-refractivity contribution is 5.96. The Morgan fingerprint density at radius 1 is 1.28 bits per heavy atom. The molecular weight excluding hydrogens is 312 g/mol. The molecule has 4 rings (SSSR count). The van der Waals surface area contributed by atoms with Gasteiger partial charge in [0.05, 0.1) is 6.54 Å². The number of amides is 1. The largest absolute Gasteiger partial charge is 0.338 e. The van der Waals surface area contributed by atoms with Gasteiger partial charge >= 0.3 is 0 Å². The second-order valence-electron chi connectivity index (χ2n) is 7.33. The second-order valence-corrected chi connectivity index (χ2v) is 7.33.